The van der Waals surface area contributed by atoms with Gasteiger partial charge in [-0.25, -0.2) is 8.42 Å². The van der Waals surface area contributed by atoms with Crippen LogP contribution in [0.3, 0.4) is 0 Å². The summed E-state index contributed by atoms with van der Waals surface area (Å²) in [5, 5.41) is 0. The van der Waals surface area contributed by atoms with E-state index in [0.717, 1.165) is 0 Å². The van der Waals surface area contributed by atoms with Crippen LogP contribution in [0.1, 0.15) is 0 Å². The second kappa shape index (κ2) is 13.4. The van der Waals surface area contributed by atoms with Crippen LogP contribution in [-0.4, -0.2) is 26.2 Å². The first-order valence-electron chi connectivity index (χ1n) is 10.8. The Morgan fingerprint density at radius 3 is 1.49 bits per heavy atom. The van der Waals surface area contributed by atoms with Crippen molar-refractivity contribution in [3.05, 3.63) is 128 Å². The molecule has 35 heavy (non-hydrogen) atoms. The van der Waals surface area contributed by atoms with Gasteiger partial charge in [0.25, 0.3) is 0 Å². The van der Waals surface area contributed by atoms with Gasteiger partial charge in [-0.15, -0.1) is 0 Å². The van der Waals surface area contributed by atoms with Gasteiger partial charge in [0.2, 0.25) is 0 Å². The molecule has 0 fully saturated rings. The predicted molar refractivity (Wildman–Crippen MR) is 138 cm³/mol. The largest absolute Gasteiger partial charge is 0.744 e. The first kappa shape index (κ1) is 26.1. The standard InChI is InChI=1S/C18H15S.C10H12O5S/c1-4-10-16(11-5-1)19(17-12-6-2-7-13-17)18-14-8-3-9-15-18;1-2-14-7-8-15-9-3-5-10(6-4-9)16(11,12)13/h1-15H;2-6H,1,7-8H2,(H,11,12,13)/q+1;/p-1. The van der Waals surface area contributed by atoms with Gasteiger partial charge in [0.1, 0.15) is 29.1 Å². The van der Waals surface area contributed by atoms with Crippen molar-refractivity contribution in [2.45, 2.75) is 19.6 Å². The molecule has 0 aliphatic carbocycles. The van der Waals surface area contributed by atoms with Gasteiger partial charge in [-0.2, -0.15) is 0 Å². The maximum atomic E-state index is 10.6. The first-order chi connectivity index (χ1) is 17.0. The van der Waals surface area contributed by atoms with E-state index in [2.05, 4.69) is 97.6 Å². The third-order valence-electron chi connectivity index (χ3n) is 4.64. The van der Waals surface area contributed by atoms with Gasteiger partial charge >= 0.3 is 0 Å². The van der Waals surface area contributed by atoms with E-state index in [1.54, 1.807) is 0 Å². The van der Waals surface area contributed by atoms with Crippen LogP contribution in [0.4, 0.5) is 0 Å². The molecule has 7 heteroatoms. The average molecular weight is 507 g/mol. The second-order valence-corrected chi connectivity index (χ2v) is 10.5. The summed E-state index contributed by atoms with van der Waals surface area (Å²) in [6, 6.07) is 37.4. The quantitative estimate of drug-likeness (QED) is 0.122. The van der Waals surface area contributed by atoms with Gasteiger partial charge in [0.15, 0.2) is 14.7 Å². The minimum Gasteiger partial charge on any atom is -0.744 e. The normalized spacial score (nSPS) is 10.7. The SMILES string of the molecule is C=COCCOc1ccc(S(=O)(=O)[O-])cc1.c1ccc([S+](c2ccccc2)c2ccccc2)cc1. The van der Waals surface area contributed by atoms with Crippen molar-refractivity contribution < 1.29 is 22.4 Å². The zero-order valence-electron chi connectivity index (χ0n) is 19.0. The Labute approximate surface area is 209 Å². The predicted octanol–water partition coefficient (Wildman–Crippen LogP) is 5.91. The van der Waals surface area contributed by atoms with Crippen LogP contribution in [0.25, 0.3) is 0 Å². The monoisotopic (exact) mass is 506 g/mol. The number of ether oxygens (including phenoxy) is 2. The molecule has 4 aromatic rings. The van der Waals surface area contributed by atoms with E-state index in [1.165, 1.54) is 45.2 Å². The van der Waals surface area contributed by atoms with E-state index < -0.39 is 10.1 Å². The zero-order chi connectivity index (χ0) is 24.9. The molecule has 0 radical (unpaired) electrons. The highest BCUT2D eigenvalue weighted by atomic mass is 32.2. The van der Waals surface area contributed by atoms with Gasteiger partial charge in [-0.05, 0) is 60.7 Å². The summed E-state index contributed by atoms with van der Waals surface area (Å²) in [6.07, 6.45) is 1.30. The molecule has 0 saturated heterocycles. The molecule has 4 aromatic carbocycles. The van der Waals surface area contributed by atoms with Gasteiger partial charge in [0.05, 0.1) is 22.1 Å². The molecule has 0 atom stereocenters. The fourth-order valence-electron chi connectivity index (χ4n) is 3.07. The summed E-state index contributed by atoms with van der Waals surface area (Å²) in [5.74, 6) is 0.472. The zero-order valence-corrected chi connectivity index (χ0v) is 20.7. The molecule has 0 unspecified atom stereocenters. The van der Waals surface area contributed by atoms with Gasteiger partial charge in [-0.1, -0.05) is 61.2 Å². The molecule has 0 aliphatic heterocycles. The third-order valence-corrected chi connectivity index (χ3v) is 7.72. The third kappa shape index (κ3) is 8.33. The van der Waals surface area contributed by atoms with Gasteiger partial charge in [-0.3, -0.25) is 0 Å². The second-order valence-electron chi connectivity index (χ2n) is 7.06. The first-order valence-corrected chi connectivity index (χ1v) is 13.4. The minimum atomic E-state index is -4.39. The summed E-state index contributed by atoms with van der Waals surface area (Å²) in [5.41, 5.74) is 0. The van der Waals surface area contributed by atoms with Gasteiger partial charge in [0, 0.05) is 0 Å². The van der Waals surface area contributed by atoms with Gasteiger partial charge < -0.3 is 14.0 Å². The summed E-state index contributed by atoms with van der Waals surface area (Å²) in [6.45, 7) is 4.03. The maximum Gasteiger partial charge on any atom is 0.166 e. The van der Waals surface area contributed by atoms with Crippen LogP contribution < -0.4 is 4.74 Å². The van der Waals surface area contributed by atoms with E-state index >= 15 is 0 Å². The number of hydrogen-bond acceptors (Lipinski definition) is 5. The van der Waals surface area contributed by atoms with Crippen molar-refractivity contribution in [3.8, 4) is 5.75 Å². The lowest BCUT2D eigenvalue weighted by molar-refractivity contribution is 0.179. The van der Waals surface area contributed by atoms with Crippen LogP contribution in [-0.2, 0) is 25.7 Å². The Morgan fingerprint density at radius 2 is 1.11 bits per heavy atom. The molecule has 0 heterocycles. The molecule has 5 nitrogen and oxygen atoms in total. The fraction of sp³-hybridized carbons (Fsp3) is 0.0714. The Hall–Kier alpha value is -3.52. The highest BCUT2D eigenvalue weighted by molar-refractivity contribution is 7.97. The van der Waals surface area contributed by atoms with E-state index in [4.69, 9.17) is 9.47 Å². The van der Waals surface area contributed by atoms with Crippen molar-refractivity contribution in [1.29, 1.82) is 0 Å². The molecule has 0 aliphatic rings. The van der Waals surface area contributed by atoms with Crippen LogP contribution >= 0.6 is 0 Å². The van der Waals surface area contributed by atoms with Crippen LogP contribution in [0.15, 0.2) is 148 Å². The smallest absolute Gasteiger partial charge is 0.166 e. The number of hydrogen-bond donors (Lipinski definition) is 0. The van der Waals surface area contributed by atoms with Crippen LogP contribution in [0, 0.1) is 0 Å². The van der Waals surface area contributed by atoms with Crippen LogP contribution in [0.2, 0.25) is 0 Å². The molecule has 0 bridgehead atoms. The Balaban J connectivity index is 0.000000199. The number of rotatable bonds is 9. The molecule has 4 rings (SSSR count). The van der Waals surface area contributed by atoms with E-state index in [0.29, 0.717) is 19.0 Å². The molecule has 0 spiro atoms. The van der Waals surface area contributed by atoms with Crippen LogP contribution in [0.5, 0.6) is 5.75 Å². The minimum absolute atomic E-state index is 0.0146. The summed E-state index contributed by atoms with van der Waals surface area (Å²) < 4.78 is 41.9. The molecule has 0 amide bonds. The average Bonchev–Trinajstić information content (AvgIpc) is 2.89. The summed E-state index contributed by atoms with van der Waals surface area (Å²) >= 11 is 0. The Bertz CT molecular complexity index is 1170. The molecular weight excluding hydrogens is 480 g/mol. The van der Waals surface area contributed by atoms with Crippen molar-refractivity contribution >= 4 is 21.0 Å². The van der Waals surface area contributed by atoms with Crippen molar-refractivity contribution in [2.24, 2.45) is 0 Å². The maximum absolute atomic E-state index is 10.6. The lowest BCUT2D eigenvalue weighted by Gasteiger charge is -2.09. The van der Waals surface area contributed by atoms with E-state index in [-0.39, 0.29) is 15.8 Å². The molecule has 0 saturated carbocycles. The lowest BCUT2D eigenvalue weighted by atomic mass is 10.3. The lowest BCUT2D eigenvalue weighted by Crippen LogP contribution is -2.04. The molecular formula is C28H26O5S2. The highest BCUT2D eigenvalue weighted by Gasteiger charge is 2.27. The topological polar surface area (TPSA) is 75.7 Å². The molecule has 0 N–H and O–H groups in total. The van der Waals surface area contributed by atoms with E-state index in [1.807, 2.05) is 0 Å². The molecule has 0 aromatic heterocycles. The fourth-order valence-corrected chi connectivity index (χ4v) is 5.65. The van der Waals surface area contributed by atoms with E-state index in [9.17, 15) is 13.0 Å². The van der Waals surface area contributed by atoms with Crippen molar-refractivity contribution in [2.75, 3.05) is 13.2 Å². The Kier molecular flexibility index (Phi) is 9.98. The highest BCUT2D eigenvalue weighted by Crippen LogP contribution is 2.30. The van der Waals surface area contributed by atoms with Crippen molar-refractivity contribution in [3.63, 3.8) is 0 Å². The summed E-state index contributed by atoms with van der Waals surface area (Å²) in [4.78, 5) is 3.81. The van der Waals surface area contributed by atoms with Crippen molar-refractivity contribution in [1.82, 2.24) is 0 Å². The molecule has 180 valence electrons. The number of benzene rings is 4. The summed E-state index contributed by atoms with van der Waals surface area (Å²) in [7, 11) is -4.41. The Morgan fingerprint density at radius 1 is 0.686 bits per heavy atom.